The minimum atomic E-state index is -0.711. The molecule has 0 aliphatic heterocycles. The maximum Gasteiger partial charge on any atom is 0.349 e. The Labute approximate surface area is 167 Å². The first-order chi connectivity index (χ1) is 14.1. The van der Waals surface area contributed by atoms with Crippen LogP contribution in [0.15, 0.2) is 63.8 Å². The molecule has 4 rings (SSSR count). The normalized spacial score (nSPS) is 14.5. The molecule has 0 saturated heterocycles. The second-order valence-electron chi connectivity index (χ2n) is 7.21. The average molecular weight is 391 g/mol. The molecule has 0 atom stereocenters. The lowest BCUT2D eigenvalue weighted by atomic mass is 9.95. The zero-order valence-electron chi connectivity index (χ0n) is 15.9. The number of esters is 1. The van der Waals surface area contributed by atoms with Gasteiger partial charge >= 0.3 is 11.6 Å². The predicted octanol–water partition coefficient (Wildman–Crippen LogP) is 4.07. The van der Waals surface area contributed by atoms with Gasteiger partial charge in [0.1, 0.15) is 16.9 Å². The molecule has 1 fully saturated rings. The molecule has 0 unspecified atom stereocenters. The standard InChI is InChI=1S/C23H21NO5/c25-21(24-17-9-5-2-6-10-17)19-13-16-11-12-18(14-20(16)29-23(19)27)28-22(26)15-7-3-1-4-8-15/h1,3-4,7-8,11-14,17H,2,5-6,9-10H2,(H,24,25). The number of nitrogens with one attached hydrogen (secondary N) is 1. The average Bonchev–Trinajstić information content (AvgIpc) is 2.74. The van der Waals surface area contributed by atoms with E-state index in [0.29, 0.717) is 10.9 Å². The lowest BCUT2D eigenvalue weighted by molar-refractivity contribution is 0.0734. The number of carbonyl (C=O) groups excluding carboxylic acids is 2. The Morgan fingerprint density at radius 1 is 0.966 bits per heavy atom. The van der Waals surface area contributed by atoms with Crippen LogP contribution in [0.4, 0.5) is 0 Å². The molecule has 29 heavy (non-hydrogen) atoms. The molecule has 3 aromatic rings. The molecule has 1 saturated carbocycles. The molecule has 1 amide bonds. The molecule has 1 aromatic heterocycles. The smallest absolute Gasteiger partial charge is 0.349 e. The van der Waals surface area contributed by atoms with Gasteiger partial charge in [-0.25, -0.2) is 9.59 Å². The highest BCUT2D eigenvalue weighted by molar-refractivity contribution is 5.97. The monoisotopic (exact) mass is 391 g/mol. The Balaban J connectivity index is 1.54. The van der Waals surface area contributed by atoms with Crippen LogP contribution >= 0.6 is 0 Å². The van der Waals surface area contributed by atoms with E-state index in [1.54, 1.807) is 36.4 Å². The summed E-state index contributed by atoms with van der Waals surface area (Å²) in [4.78, 5) is 37.0. The molecule has 1 aliphatic carbocycles. The summed E-state index contributed by atoms with van der Waals surface area (Å²) in [5.41, 5.74) is -0.0548. The highest BCUT2D eigenvalue weighted by Gasteiger charge is 2.20. The summed E-state index contributed by atoms with van der Waals surface area (Å²) in [6.45, 7) is 0. The Morgan fingerprint density at radius 2 is 1.72 bits per heavy atom. The second-order valence-corrected chi connectivity index (χ2v) is 7.21. The van der Waals surface area contributed by atoms with Crippen molar-refractivity contribution in [3.63, 3.8) is 0 Å². The van der Waals surface area contributed by atoms with Crippen LogP contribution in [0.3, 0.4) is 0 Å². The highest BCUT2D eigenvalue weighted by atomic mass is 16.5. The highest BCUT2D eigenvalue weighted by Crippen LogP contribution is 2.22. The van der Waals surface area contributed by atoms with Crippen molar-refractivity contribution in [2.75, 3.05) is 0 Å². The van der Waals surface area contributed by atoms with Gasteiger partial charge in [-0.15, -0.1) is 0 Å². The molecule has 1 N–H and O–H groups in total. The molecule has 0 bridgehead atoms. The fourth-order valence-corrected chi connectivity index (χ4v) is 3.56. The van der Waals surface area contributed by atoms with Gasteiger partial charge in [-0.05, 0) is 43.2 Å². The molecular weight excluding hydrogens is 370 g/mol. The van der Waals surface area contributed by atoms with Gasteiger partial charge in [-0.1, -0.05) is 37.5 Å². The lowest BCUT2D eigenvalue weighted by Gasteiger charge is -2.22. The van der Waals surface area contributed by atoms with E-state index in [9.17, 15) is 14.4 Å². The van der Waals surface area contributed by atoms with E-state index in [2.05, 4.69) is 5.32 Å². The third-order valence-electron chi connectivity index (χ3n) is 5.11. The quantitative estimate of drug-likeness (QED) is 0.412. The zero-order chi connectivity index (χ0) is 20.2. The maximum atomic E-state index is 12.5. The van der Waals surface area contributed by atoms with Crippen molar-refractivity contribution < 1.29 is 18.7 Å². The summed E-state index contributed by atoms with van der Waals surface area (Å²) >= 11 is 0. The first-order valence-electron chi connectivity index (χ1n) is 9.76. The van der Waals surface area contributed by atoms with E-state index in [4.69, 9.17) is 9.15 Å². The third-order valence-corrected chi connectivity index (χ3v) is 5.11. The van der Waals surface area contributed by atoms with Crippen molar-refractivity contribution in [3.8, 4) is 5.75 Å². The topological polar surface area (TPSA) is 85.6 Å². The van der Waals surface area contributed by atoms with Gasteiger partial charge in [0.25, 0.3) is 5.91 Å². The van der Waals surface area contributed by atoms with Crippen molar-refractivity contribution in [1.29, 1.82) is 0 Å². The van der Waals surface area contributed by atoms with E-state index < -0.39 is 17.5 Å². The lowest BCUT2D eigenvalue weighted by Crippen LogP contribution is -2.38. The molecule has 1 heterocycles. The number of hydrogen-bond donors (Lipinski definition) is 1. The molecule has 148 valence electrons. The van der Waals surface area contributed by atoms with Gasteiger partial charge in [-0.2, -0.15) is 0 Å². The van der Waals surface area contributed by atoms with E-state index in [1.807, 2.05) is 6.07 Å². The number of ether oxygens (including phenoxy) is 1. The van der Waals surface area contributed by atoms with Crippen LogP contribution < -0.4 is 15.7 Å². The number of rotatable bonds is 4. The van der Waals surface area contributed by atoms with Gasteiger partial charge in [0, 0.05) is 17.5 Å². The van der Waals surface area contributed by atoms with Crippen molar-refractivity contribution in [2.45, 2.75) is 38.1 Å². The summed E-state index contributed by atoms with van der Waals surface area (Å²) in [5, 5.41) is 3.51. The summed E-state index contributed by atoms with van der Waals surface area (Å²) in [6.07, 6.45) is 5.22. The van der Waals surface area contributed by atoms with Crippen LogP contribution in [0.2, 0.25) is 0 Å². The van der Waals surface area contributed by atoms with Crippen LogP contribution in [0.5, 0.6) is 5.75 Å². The van der Waals surface area contributed by atoms with Crippen LogP contribution in [0, 0.1) is 0 Å². The Morgan fingerprint density at radius 3 is 2.48 bits per heavy atom. The number of amides is 1. The Bertz CT molecular complexity index is 1100. The molecule has 6 heteroatoms. The van der Waals surface area contributed by atoms with Gasteiger partial charge in [0.15, 0.2) is 0 Å². The van der Waals surface area contributed by atoms with Crippen LogP contribution in [-0.2, 0) is 0 Å². The molecule has 0 radical (unpaired) electrons. The van der Waals surface area contributed by atoms with Crippen molar-refractivity contribution in [2.24, 2.45) is 0 Å². The van der Waals surface area contributed by atoms with Gasteiger partial charge in [0.05, 0.1) is 5.56 Å². The summed E-state index contributed by atoms with van der Waals surface area (Å²) in [7, 11) is 0. The van der Waals surface area contributed by atoms with Crippen LogP contribution in [-0.4, -0.2) is 17.9 Å². The largest absolute Gasteiger partial charge is 0.423 e. The molecule has 0 spiro atoms. The van der Waals surface area contributed by atoms with E-state index in [1.165, 1.54) is 18.6 Å². The summed E-state index contributed by atoms with van der Waals surface area (Å²) < 4.78 is 10.7. The zero-order valence-corrected chi connectivity index (χ0v) is 15.9. The van der Waals surface area contributed by atoms with E-state index in [-0.39, 0.29) is 22.9 Å². The number of carbonyl (C=O) groups is 2. The molecular formula is C23H21NO5. The molecule has 2 aromatic carbocycles. The summed E-state index contributed by atoms with van der Waals surface area (Å²) in [5.74, 6) is -0.656. The van der Waals surface area contributed by atoms with Crippen LogP contribution in [0.1, 0.15) is 52.8 Å². The van der Waals surface area contributed by atoms with E-state index >= 15 is 0 Å². The van der Waals surface area contributed by atoms with Gasteiger partial charge < -0.3 is 14.5 Å². The fraction of sp³-hybridized carbons (Fsp3) is 0.261. The van der Waals surface area contributed by atoms with Crippen molar-refractivity contribution in [3.05, 3.63) is 76.1 Å². The Hall–Kier alpha value is -3.41. The van der Waals surface area contributed by atoms with Gasteiger partial charge in [-0.3, -0.25) is 4.79 Å². The van der Waals surface area contributed by atoms with Crippen molar-refractivity contribution >= 4 is 22.8 Å². The minimum Gasteiger partial charge on any atom is -0.423 e. The second kappa shape index (κ2) is 8.31. The first kappa shape index (κ1) is 18.9. The molecule has 1 aliphatic rings. The predicted molar refractivity (Wildman–Crippen MR) is 108 cm³/mol. The number of hydrogen-bond acceptors (Lipinski definition) is 5. The SMILES string of the molecule is O=C(Oc1ccc2cc(C(=O)NC3CCCCC3)c(=O)oc2c1)c1ccccc1. The van der Waals surface area contributed by atoms with Crippen LogP contribution in [0.25, 0.3) is 11.0 Å². The number of fused-ring (bicyclic) bond motifs is 1. The van der Waals surface area contributed by atoms with Gasteiger partial charge in [0.2, 0.25) is 0 Å². The molecule has 6 nitrogen and oxygen atoms in total. The summed E-state index contributed by atoms with van der Waals surface area (Å²) in [6, 6.07) is 15.0. The Kier molecular flexibility index (Phi) is 5.42. The number of benzene rings is 2. The maximum absolute atomic E-state index is 12.5. The van der Waals surface area contributed by atoms with Crippen molar-refractivity contribution in [1.82, 2.24) is 5.32 Å². The first-order valence-corrected chi connectivity index (χ1v) is 9.76. The third kappa shape index (κ3) is 4.37. The fourth-order valence-electron chi connectivity index (χ4n) is 3.56. The van der Waals surface area contributed by atoms with E-state index in [0.717, 1.165) is 25.7 Å². The minimum absolute atomic E-state index is 0.0166.